The fourth-order valence-corrected chi connectivity index (χ4v) is 3.42. The van der Waals surface area contributed by atoms with Crippen LogP contribution >= 0.6 is 15.9 Å². The molecule has 4 rings (SSSR count). The Kier molecular flexibility index (Phi) is 4.26. The number of amides is 1. The third-order valence-corrected chi connectivity index (χ3v) is 4.62. The molecule has 0 bridgehead atoms. The number of allylic oxidation sites excluding steroid dienone is 1. The summed E-state index contributed by atoms with van der Waals surface area (Å²) in [5.41, 5.74) is 2.88. The van der Waals surface area contributed by atoms with Crippen LogP contribution in [0.15, 0.2) is 70.9 Å². The third-order valence-electron chi connectivity index (χ3n) is 4.12. The maximum atomic E-state index is 13.1. The minimum absolute atomic E-state index is 0.214. The molecule has 0 unspecified atom stereocenters. The monoisotopic (exact) mass is 410 g/mol. The van der Waals surface area contributed by atoms with Crippen LogP contribution in [0.2, 0.25) is 0 Å². The van der Waals surface area contributed by atoms with Crippen molar-refractivity contribution in [2.45, 2.75) is 13.0 Å². The van der Waals surface area contributed by atoms with Gasteiger partial charge in [0.2, 0.25) is 5.95 Å². The lowest BCUT2D eigenvalue weighted by Crippen LogP contribution is -2.31. The molecule has 130 valence electrons. The first kappa shape index (κ1) is 16.5. The molecule has 1 aromatic carbocycles. The molecule has 1 atom stereocenters. The summed E-state index contributed by atoms with van der Waals surface area (Å²) in [6.45, 7) is 1.86. The van der Waals surface area contributed by atoms with E-state index >= 15 is 0 Å². The fraction of sp³-hybridized carbons (Fsp3) is 0.111. The molecule has 0 radical (unpaired) electrons. The number of halogens is 1. The lowest BCUT2D eigenvalue weighted by Gasteiger charge is -2.28. The number of nitrogens with one attached hydrogen (secondary N) is 2. The number of anilines is 2. The van der Waals surface area contributed by atoms with Crippen LogP contribution in [0.1, 0.15) is 18.5 Å². The van der Waals surface area contributed by atoms with Gasteiger partial charge in [-0.3, -0.25) is 9.78 Å². The molecule has 1 aliphatic rings. The van der Waals surface area contributed by atoms with E-state index < -0.39 is 0 Å². The van der Waals surface area contributed by atoms with E-state index in [1.54, 1.807) is 29.2 Å². The van der Waals surface area contributed by atoms with E-state index in [1.807, 2.05) is 31.2 Å². The molecule has 0 aliphatic carbocycles. The van der Waals surface area contributed by atoms with E-state index in [0.717, 1.165) is 15.7 Å². The largest absolute Gasteiger partial charge is 0.328 e. The molecule has 3 heterocycles. The zero-order valence-electron chi connectivity index (χ0n) is 13.8. The van der Waals surface area contributed by atoms with Gasteiger partial charge >= 0.3 is 0 Å². The molecular formula is C18H15BrN6O. The van der Waals surface area contributed by atoms with Gasteiger partial charge in [0, 0.05) is 16.4 Å². The number of hydrogen-bond acceptors (Lipinski definition) is 5. The lowest BCUT2D eigenvalue weighted by molar-refractivity contribution is -0.113. The summed E-state index contributed by atoms with van der Waals surface area (Å²) < 4.78 is 2.65. The van der Waals surface area contributed by atoms with E-state index in [-0.39, 0.29) is 11.9 Å². The number of aromatic nitrogens is 4. The van der Waals surface area contributed by atoms with E-state index in [0.29, 0.717) is 17.2 Å². The van der Waals surface area contributed by atoms with Crippen LogP contribution in [0.3, 0.4) is 0 Å². The summed E-state index contributed by atoms with van der Waals surface area (Å²) in [4.78, 5) is 21.3. The van der Waals surface area contributed by atoms with Crippen LogP contribution in [0.5, 0.6) is 0 Å². The highest BCUT2D eigenvalue weighted by molar-refractivity contribution is 9.10. The molecule has 26 heavy (non-hydrogen) atoms. The van der Waals surface area contributed by atoms with E-state index in [1.165, 1.54) is 6.33 Å². The van der Waals surface area contributed by atoms with Crippen molar-refractivity contribution in [2.24, 2.45) is 0 Å². The highest BCUT2D eigenvalue weighted by Crippen LogP contribution is 2.35. The number of benzene rings is 1. The summed E-state index contributed by atoms with van der Waals surface area (Å²) in [5, 5.41) is 10.4. The van der Waals surface area contributed by atoms with Gasteiger partial charge in [0.25, 0.3) is 5.91 Å². The minimum atomic E-state index is -0.386. The van der Waals surface area contributed by atoms with Gasteiger partial charge < -0.3 is 10.6 Å². The lowest BCUT2D eigenvalue weighted by atomic mass is 9.95. The minimum Gasteiger partial charge on any atom is -0.328 e. The van der Waals surface area contributed by atoms with Gasteiger partial charge in [-0.25, -0.2) is 4.68 Å². The maximum Gasteiger partial charge on any atom is 0.255 e. The zero-order chi connectivity index (χ0) is 18.1. The normalized spacial score (nSPS) is 16.0. The van der Waals surface area contributed by atoms with Crippen molar-refractivity contribution in [2.75, 3.05) is 10.6 Å². The Morgan fingerprint density at radius 3 is 2.96 bits per heavy atom. The number of carbonyl (C=O) groups excluding carboxylic acids is 1. The quantitative estimate of drug-likeness (QED) is 0.691. The Morgan fingerprint density at radius 1 is 1.31 bits per heavy atom. The summed E-state index contributed by atoms with van der Waals surface area (Å²) in [5.74, 6) is 0.388. The molecule has 2 N–H and O–H groups in total. The van der Waals surface area contributed by atoms with Gasteiger partial charge in [0.05, 0.1) is 17.5 Å². The molecule has 8 heteroatoms. The van der Waals surface area contributed by atoms with Gasteiger partial charge in [0.1, 0.15) is 12.4 Å². The van der Waals surface area contributed by atoms with Crippen molar-refractivity contribution < 1.29 is 4.79 Å². The molecule has 7 nitrogen and oxygen atoms in total. The second-order valence-corrected chi connectivity index (χ2v) is 6.76. The predicted octanol–water partition coefficient (Wildman–Crippen LogP) is 3.36. The van der Waals surface area contributed by atoms with Crippen LogP contribution in [-0.2, 0) is 4.79 Å². The van der Waals surface area contributed by atoms with E-state index in [4.69, 9.17) is 0 Å². The molecule has 0 saturated carbocycles. The summed E-state index contributed by atoms with van der Waals surface area (Å²) in [6.07, 6.45) is 4.75. The average Bonchev–Trinajstić information content (AvgIpc) is 3.09. The Balaban J connectivity index is 1.78. The van der Waals surface area contributed by atoms with Gasteiger partial charge in [-0.1, -0.05) is 28.1 Å². The molecule has 1 amide bonds. The summed E-state index contributed by atoms with van der Waals surface area (Å²) in [6, 6.07) is 11.0. The van der Waals surface area contributed by atoms with Crippen LogP contribution < -0.4 is 10.6 Å². The smallest absolute Gasteiger partial charge is 0.255 e. The van der Waals surface area contributed by atoms with Crippen molar-refractivity contribution >= 4 is 33.5 Å². The zero-order valence-corrected chi connectivity index (χ0v) is 15.4. The molecular weight excluding hydrogens is 396 g/mol. The standard InChI is InChI=1S/C18H15BrN6O/c1-11-15(17(26)24-14-6-3-7-20-9-14)16(12-4-2-5-13(19)8-12)25-18(23-11)21-10-22-25/h2-10,16H,1H3,(H,24,26)(H,21,22,23)/t16-/m0/s1. The van der Waals surface area contributed by atoms with Crippen LogP contribution in [0, 0.1) is 0 Å². The number of nitrogens with zero attached hydrogens (tertiary/aromatic N) is 4. The Bertz CT molecular complexity index is 998. The van der Waals surface area contributed by atoms with Crippen molar-refractivity contribution in [3.63, 3.8) is 0 Å². The summed E-state index contributed by atoms with van der Waals surface area (Å²) in [7, 11) is 0. The highest BCUT2D eigenvalue weighted by Gasteiger charge is 2.33. The van der Waals surface area contributed by atoms with Crippen molar-refractivity contribution in [1.29, 1.82) is 0 Å². The maximum absolute atomic E-state index is 13.1. The van der Waals surface area contributed by atoms with Crippen LogP contribution in [0.4, 0.5) is 11.6 Å². The first-order chi connectivity index (χ1) is 12.6. The number of hydrogen-bond donors (Lipinski definition) is 2. The number of carbonyl (C=O) groups is 1. The third kappa shape index (κ3) is 2.99. The van der Waals surface area contributed by atoms with Crippen LogP contribution in [-0.4, -0.2) is 25.7 Å². The van der Waals surface area contributed by atoms with Crippen molar-refractivity contribution in [1.82, 2.24) is 19.7 Å². The number of pyridine rings is 1. The second-order valence-electron chi connectivity index (χ2n) is 5.85. The Labute approximate surface area is 158 Å². The van der Waals surface area contributed by atoms with E-state index in [2.05, 4.69) is 41.6 Å². The van der Waals surface area contributed by atoms with Crippen molar-refractivity contribution in [3.8, 4) is 0 Å². The fourth-order valence-electron chi connectivity index (χ4n) is 3.01. The average molecular weight is 411 g/mol. The molecule has 0 fully saturated rings. The van der Waals surface area contributed by atoms with Gasteiger partial charge in [0.15, 0.2) is 0 Å². The predicted molar refractivity (Wildman–Crippen MR) is 101 cm³/mol. The van der Waals surface area contributed by atoms with Gasteiger partial charge in [-0.15, -0.1) is 0 Å². The molecule has 0 spiro atoms. The van der Waals surface area contributed by atoms with E-state index in [9.17, 15) is 4.79 Å². The SMILES string of the molecule is CC1=C(C(=O)Nc2cccnc2)[C@H](c2cccc(Br)c2)n2ncnc2N1. The molecule has 3 aromatic rings. The number of fused-ring (bicyclic) bond motifs is 1. The first-order valence-electron chi connectivity index (χ1n) is 7.97. The Morgan fingerprint density at radius 2 is 2.19 bits per heavy atom. The van der Waals surface area contributed by atoms with Gasteiger partial charge in [-0.05, 0) is 36.8 Å². The summed E-state index contributed by atoms with van der Waals surface area (Å²) >= 11 is 3.50. The highest BCUT2D eigenvalue weighted by atomic mass is 79.9. The topological polar surface area (TPSA) is 84.7 Å². The van der Waals surface area contributed by atoms with Crippen LogP contribution in [0.25, 0.3) is 0 Å². The van der Waals surface area contributed by atoms with Crippen molar-refractivity contribution in [3.05, 3.63) is 76.4 Å². The number of rotatable bonds is 3. The molecule has 2 aromatic heterocycles. The van der Waals surface area contributed by atoms with Gasteiger partial charge in [-0.2, -0.15) is 10.1 Å². The second kappa shape index (κ2) is 6.72. The molecule has 1 aliphatic heterocycles. The Hall–Kier alpha value is -3.00. The molecule has 0 saturated heterocycles. The first-order valence-corrected chi connectivity index (χ1v) is 8.77.